The van der Waals surface area contributed by atoms with E-state index in [1.165, 1.54) is 11.5 Å². The first-order chi connectivity index (χ1) is 6.29. The van der Waals surface area contributed by atoms with Crippen LogP contribution >= 0.6 is 11.8 Å². The number of aliphatic hydroxyl groups excluding tert-OH is 1. The molecule has 0 aromatic heterocycles. The molecule has 1 N–H and O–H groups in total. The average Bonchev–Trinajstić information content (AvgIpc) is 2.63. The molecule has 2 aliphatic heterocycles. The second-order valence-corrected chi connectivity index (χ2v) is 5.16. The van der Waals surface area contributed by atoms with Crippen molar-refractivity contribution in [3.05, 3.63) is 0 Å². The van der Waals surface area contributed by atoms with E-state index in [2.05, 4.69) is 4.90 Å². The van der Waals surface area contributed by atoms with Crippen molar-refractivity contribution in [1.29, 1.82) is 0 Å². The largest absolute Gasteiger partial charge is 0.389 e. The first-order valence-corrected chi connectivity index (χ1v) is 5.99. The van der Waals surface area contributed by atoms with Crippen molar-refractivity contribution in [2.24, 2.45) is 11.8 Å². The molecule has 0 aliphatic carbocycles. The van der Waals surface area contributed by atoms with Crippen molar-refractivity contribution in [3.8, 4) is 0 Å². The van der Waals surface area contributed by atoms with Gasteiger partial charge in [-0.15, -0.1) is 0 Å². The molecule has 0 amide bonds. The third-order valence-corrected chi connectivity index (χ3v) is 4.29. The summed E-state index contributed by atoms with van der Waals surface area (Å²) in [6.07, 6.45) is -0.772. The van der Waals surface area contributed by atoms with Gasteiger partial charge in [0.25, 0.3) is 0 Å². The molecule has 2 heterocycles. The van der Waals surface area contributed by atoms with E-state index >= 15 is 0 Å². The Labute approximate surface area is 82.5 Å². The number of halogens is 1. The summed E-state index contributed by atoms with van der Waals surface area (Å²) < 4.78 is 12.0. The van der Waals surface area contributed by atoms with Crippen LogP contribution in [0.25, 0.3) is 0 Å². The van der Waals surface area contributed by atoms with E-state index in [-0.39, 0.29) is 0 Å². The van der Waals surface area contributed by atoms with Gasteiger partial charge in [-0.1, -0.05) is 0 Å². The quantitative estimate of drug-likeness (QED) is 0.730. The Bertz CT molecular complexity index is 166. The van der Waals surface area contributed by atoms with E-state index in [1.807, 2.05) is 11.8 Å². The summed E-state index contributed by atoms with van der Waals surface area (Å²) in [6, 6.07) is 0. The fraction of sp³-hybridized carbons (Fsp3) is 1.00. The zero-order chi connectivity index (χ0) is 9.26. The maximum atomic E-state index is 12.0. The highest BCUT2D eigenvalue weighted by molar-refractivity contribution is 7.99. The molecule has 4 heteroatoms. The highest BCUT2D eigenvalue weighted by Gasteiger charge is 2.36. The number of likely N-dealkylation sites (tertiary alicyclic amines) is 1. The van der Waals surface area contributed by atoms with Gasteiger partial charge in [-0.2, -0.15) is 11.8 Å². The topological polar surface area (TPSA) is 23.5 Å². The third-order valence-electron chi connectivity index (χ3n) is 2.96. The Morgan fingerprint density at radius 2 is 2.00 bits per heavy atom. The minimum absolute atomic E-state index is 0.522. The minimum atomic E-state index is -0.772. The second kappa shape index (κ2) is 4.15. The van der Waals surface area contributed by atoms with Gasteiger partial charge < -0.3 is 10.0 Å². The highest BCUT2D eigenvalue weighted by atomic mass is 32.2. The number of hydrogen-bond donors (Lipinski definition) is 1. The first kappa shape index (κ1) is 9.74. The van der Waals surface area contributed by atoms with Crippen molar-refractivity contribution in [1.82, 2.24) is 4.90 Å². The van der Waals surface area contributed by atoms with E-state index < -0.39 is 12.8 Å². The molecule has 0 spiro atoms. The van der Waals surface area contributed by atoms with E-state index in [9.17, 15) is 4.39 Å². The molecule has 2 saturated heterocycles. The maximum absolute atomic E-state index is 12.0. The molecule has 0 saturated carbocycles. The fourth-order valence-corrected chi connectivity index (χ4v) is 3.78. The Hall–Kier alpha value is 0.200. The highest BCUT2D eigenvalue weighted by Crippen LogP contribution is 2.35. The molecule has 13 heavy (non-hydrogen) atoms. The molecule has 0 radical (unpaired) electrons. The van der Waals surface area contributed by atoms with Crippen molar-refractivity contribution in [2.45, 2.75) is 6.10 Å². The number of rotatable bonds is 3. The molecule has 0 bridgehead atoms. The maximum Gasteiger partial charge on any atom is 0.117 e. The van der Waals surface area contributed by atoms with Crippen LogP contribution in [0.3, 0.4) is 0 Å². The summed E-state index contributed by atoms with van der Waals surface area (Å²) in [6.45, 7) is 2.04. The van der Waals surface area contributed by atoms with E-state index in [0.29, 0.717) is 6.54 Å². The number of hydrogen-bond acceptors (Lipinski definition) is 3. The number of alkyl halides is 1. The summed E-state index contributed by atoms with van der Waals surface area (Å²) in [5.74, 6) is 4.12. The Morgan fingerprint density at radius 3 is 2.54 bits per heavy atom. The predicted molar refractivity (Wildman–Crippen MR) is 52.7 cm³/mol. The number of fused-ring (bicyclic) bond motifs is 1. The van der Waals surface area contributed by atoms with Crippen molar-refractivity contribution >= 4 is 11.8 Å². The van der Waals surface area contributed by atoms with Crippen LogP contribution in [0.5, 0.6) is 0 Å². The van der Waals surface area contributed by atoms with Crippen molar-refractivity contribution in [2.75, 3.05) is 37.8 Å². The van der Waals surface area contributed by atoms with Crippen molar-refractivity contribution < 1.29 is 9.50 Å². The van der Waals surface area contributed by atoms with Gasteiger partial charge in [0.15, 0.2) is 0 Å². The molecule has 2 aliphatic rings. The lowest BCUT2D eigenvalue weighted by Gasteiger charge is -2.18. The number of thioether (sulfide) groups is 1. The Balaban J connectivity index is 1.78. The summed E-state index contributed by atoms with van der Waals surface area (Å²) in [5.41, 5.74) is 0. The lowest BCUT2D eigenvalue weighted by molar-refractivity contribution is 0.0975. The normalized spacial score (nSPS) is 36.5. The van der Waals surface area contributed by atoms with Crippen LogP contribution in [0, 0.1) is 11.8 Å². The summed E-state index contributed by atoms with van der Waals surface area (Å²) in [4.78, 5) is 2.21. The van der Waals surface area contributed by atoms with Gasteiger partial charge in [0.05, 0.1) is 6.10 Å². The standard InChI is InChI=1S/C9H16FNOS/c10-1-9(12)4-11-2-7-5-13-6-8(7)3-11/h7-9,12H,1-6H2/t7-,8+,9?. The number of aliphatic hydroxyl groups is 1. The van der Waals surface area contributed by atoms with Crippen molar-refractivity contribution in [3.63, 3.8) is 0 Å². The van der Waals surface area contributed by atoms with Gasteiger partial charge in [0.1, 0.15) is 6.67 Å². The zero-order valence-corrected chi connectivity index (χ0v) is 8.47. The molecule has 2 fully saturated rings. The summed E-state index contributed by atoms with van der Waals surface area (Å²) >= 11 is 2.03. The molecule has 2 rings (SSSR count). The monoisotopic (exact) mass is 205 g/mol. The lowest BCUT2D eigenvalue weighted by atomic mass is 10.0. The van der Waals surface area contributed by atoms with Crippen LogP contribution in [0.15, 0.2) is 0 Å². The van der Waals surface area contributed by atoms with Crippen LogP contribution in [0.1, 0.15) is 0 Å². The van der Waals surface area contributed by atoms with E-state index in [4.69, 9.17) is 5.11 Å². The van der Waals surface area contributed by atoms with E-state index in [1.54, 1.807) is 0 Å². The summed E-state index contributed by atoms with van der Waals surface area (Å²) in [5, 5.41) is 9.16. The molecule has 0 aromatic rings. The van der Waals surface area contributed by atoms with Gasteiger partial charge >= 0.3 is 0 Å². The molecule has 3 atom stereocenters. The Kier molecular flexibility index (Phi) is 3.11. The van der Waals surface area contributed by atoms with Gasteiger partial charge in [0, 0.05) is 19.6 Å². The molecule has 2 nitrogen and oxygen atoms in total. The van der Waals surface area contributed by atoms with Gasteiger partial charge in [-0.05, 0) is 23.3 Å². The van der Waals surface area contributed by atoms with Gasteiger partial charge in [0.2, 0.25) is 0 Å². The van der Waals surface area contributed by atoms with Crippen LogP contribution in [0.2, 0.25) is 0 Å². The second-order valence-electron chi connectivity index (χ2n) is 4.08. The first-order valence-electron chi connectivity index (χ1n) is 4.83. The number of nitrogens with zero attached hydrogens (tertiary/aromatic N) is 1. The van der Waals surface area contributed by atoms with Crippen LogP contribution < -0.4 is 0 Å². The molecule has 76 valence electrons. The smallest absolute Gasteiger partial charge is 0.117 e. The summed E-state index contributed by atoms with van der Waals surface area (Å²) in [7, 11) is 0. The van der Waals surface area contributed by atoms with Crippen LogP contribution in [-0.2, 0) is 0 Å². The fourth-order valence-electron chi connectivity index (χ4n) is 2.28. The van der Waals surface area contributed by atoms with Crippen LogP contribution in [-0.4, -0.2) is 53.9 Å². The minimum Gasteiger partial charge on any atom is -0.389 e. The molecular weight excluding hydrogens is 189 g/mol. The number of β-amino-alcohol motifs (C(OH)–C–C–N with tert-alkyl or cyclic N) is 1. The SMILES string of the molecule is OC(CF)CN1C[C@H]2CSC[C@H]2C1. The molecule has 1 unspecified atom stereocenters. The molecular formula is C9H16FNOS. The van der Waals surface area contributed by atoms with Crippen LogP contribution in [0.4, 0.5) is 4.39 Å². The van der Waals surface area contributed by atoms with E-state index in [0.717, 1.165) is 24.9 Å². The predicted octanol–water partition coefficient (Wildman–Crippen LogP) is 0.612. The third kappa shape index (κ3) is 2.17. The average molecular weight is 205 g/mol. The lowest BCUT2D eigenvalue weighted by Crippen LogP contribution is -2.32. The van der Waals surface area contributed by atoms with Gasteiger partial charge in [-0.3, -0.25) is 0 Å². The molecule has 0 aromatic carbocycles. The van der Waals surface area contributed by atoms with Gasteiger partial charge in [-0.25, -0.2) is 4.39 Å². The Morgan fingerprint density at radius 1 is 1.38 bits per heavy atom. The zero-order valence-electron chi connectivity index (χ0n) is 7.66.